The van der Waals surface area contributed by atoms with E-state index in [9.17, 15) is 13.6 Å². The lowest BCUT2D eigenvalue weighted by atomic mass is 10.2. The number of nitrogens with zero attached hydrogens (tertiary/aromatic N) is 3. The van der Waals surface area contributed by atoms with Crippen LogP contribution in [0.1, 0.15) is 11.4 Å². The van der Waals surface area contributed by atoms with Crippen molar-refractivity contribution in [2.24, 2.45) is 7.05 Å². The zero-order chi connectivity index (χ0) is 24.2. The Morgan fingerprint density at radius 1 is 0.941 bits per heavy atom. The van der Waals surface area contributed by atoms with Crippen molar-refractivity contribution < 1.29 is 13.6 Å². The predicted molar refractivity (Wildman–Crippen MR) is 131 cm³/mol. The van der Waals surface area contributed by atoms with E-state index in [0.29, 0.717) is 39.0 Å². The number of nitrogens with one attached hydrogen (secondary N) is 2. The molecule has 0 spiro atoms. The van der Waals surface area contributed by atoms with Gasteiger partial charge in [-0.05, 0) is 60.7 Å². The third-order valence-electron chi connectivity index (χ3n) is 4.89. The number of rotatable bonds is 5. The van der Waals surface area contributed by atoms with Crippen molar-refractivity contribution in [3.05, 3.63) is 93.7 Å². The summed E-state index contributed by atoms with van der Waals surface area (Å²) >= 11 is 12.4. The number of anilines is 2. The van der Waals surface area contributed by atoms with Crippen molar-refractivity contribution in [3.8, 4) is 11.4 Å². The monoisotopic (exact) mass is 499 g/mol. The molecule has 1 heterocycles. The minimum atomic E-state index is -0.866. The average Bonchev–Trinajstić information content (AvgIpc) is 3.16. The first-order chi connectivity index (χ1) is 16.3. The number of urea groups is 1. The predicted octanol–water partition coefficient (Wildman–Crippen LogP) is 6.88. The zero-order valence-electron chi connectivity index (χ0n) is 17.7. The van der Waals surface area contributed by atoms with Crippen LogP contribution < -0.4 is 10.6 Å². The Morgan fingerprint density at radius 3 is 2.32 bits per heavy atom. The van der Waals surface area contributed by atoms with Gasteiger partial charge in [-0.3, -0.25) is 0 Å². The van der Waals surface area contributed by atoms with E-state index in [4.69, 9.17) is 23.2 Å². The summed E-state index contributed by atoms with van der Waals surface area (Å²) in [5.74, 6) is -0.397. The molecule has 0 fully saturated rings. The molecule has 0 radical (unpaired) electrons. The van der Waals surface area contributed by atoms with Crippen LogP contribution >= 0.6 is 23.2 Å². The first kappa shape index (κ1) is 23.4. The van der Waals surface area contributed by atoms with Crippen molar-refractivity contribution >= 4 is 52.8 Å². The quantitative estimate of drug-likeness (QED) is 0.314. The van der Waals surface area contributed by atoms with Gasteiger partial charge in [0, 0.05) is 40.0 Å². The molecule has 2 N–H and O–H groups in total. The largest absolute Gasteiger partial charge is 0.323 e. The fraction of sp³-hybridized carbons (Fsp3) is 0.0417. The van der Waals surface area contributed by atoms with Crippen LogP contribution in [0.4, 0.5) is 25.0 Å². The summed E-state index contributed by atoms with van der Waals surface area (Å²) in [6.07, 6.45) is 3.53. The lowest BCUT2D eigenvalue weighted by molar-refractivity contribution is 0.262. The Kier molecular flexibility index (Phi) is 6.90. The number of benzene rings is 3. The van der Waals surface area contributed by atoms with Gasteiger partial charge in [0.25, 0.3) is 0 Å². The molecule has 0 aliphatic rings. The standard InChI is InChI=1S/C24H17Cl2F2N5O/c1-33-22(12-10-17-18(25)3-2-4-19(17)26)31-32-23(33)14-5-8-16(9-6-14)29-24(34)30-21-11-7-15(27)13-20(21)28/h2-13H,1H3,(H2,29,30,34)/b12-10+. The highest BCUT2D eigenvalue weighted by Crippen LogP contribution is 2.27. The summed E-state index contributed by atoms with van der Waals surface area (Å²) < 4.78 is 28.5. The lowest BCUT2D eigenvalue weighted by Gasteiger charge is -2.09. The van der Waals surface area contributed by atoms with E-state index in [-0.39, 0.29) is 5.69 Å². The fourth-order valence-electron chi connectivity index (χ4n) is 3.14. The lowest BCUT2D eigenvalue weighted by Crippen LogP contribution is -2.20. The van der Waals surface area contributed by atoms with Crippen LogP contribution in [0.3, 0.4) is 0 Å². The number of carbonyl (C=O) groups excluding carboxylic acids is 1. The summed E-state index contributed by atoms with van der Waals surface area (Å²) in [6.45, 7) is 0. The highest BCUT2D eigenvalue weighted by Gasteiger charge is 2.11. The van der Waals surface area contributed by atoms with Gasteiger partial charge in [0.05, 0.1) is 5.69 Å². The van der Waals surface area contributed by atoms with Gasteiger partial charge in [0.2, 0.25) is 0 Å². The average molecular weight is 500 g/mol. The van der Waals surface area contributed by atoms with Gasteiger partial charge in [0.1, 0.15) is 11.6 Å². The maximum Gasteiger partial charge on any atom is 0.323 e. The number of carbonyl (C=O) groups is 1. The molecule has 0 bridgehead atoms. The van der Waals surface area contributed by atoms with Gasteiger partial charge >= 0.3 is 6.03 Å². The topological polar surface area (TPSA) is 71.8 Å². The second-order valence-corrected chi connectivity index (χ2v) is 8.00. The van der Waals surface area contributed by atoms with Gasteiger partial charge in [0.15, 0.2) is 11.6 Å². The summed E-state index contributed by atoms with van der Waals surface area (Å²) in [4.78, 5) is 12.1. The maximum atomic E-state index is 13.7. The molecule has 1 aromatic heterocycles. The van der Waals surface area contributed by atoms with Crippen LogP contribution in [-0.2, 0) is 7.05 Å². The van der Waals surface area contributed by atoms with Gasteiger partial charge in [-0.15, -0.1) is 10.2 Å². The number of aromatic nitrogens is 3. The number of hydrogen-bond donors (Lipinski definition) is 2. The molecular formula is C24H17Cl2F2N5O. The molecular weight excluding hydrogens is 483 g/mol. The Labute approximate surface area is 203 Å². The minimum absolute atomic E-state index is 0.131. The van der Waals surface area contributed by atoms with Crippen molar-refractivity contribution in [1.82, 2.24) is 14.8 Å². The van der Waals surface area contributed by atoms with E-state index in [1.54, 1.807) is 59.2 Å². The molecule has 172 valence electrons. The fourth-order valence-corrected chi connectivity index (χ4v) is 3.67. The first-order valence-electron chi connectivity index (χ1n) is 9.97. The van der Waals surface area contributed by atoms with E-state index in [0.717, 1.165) is 17.7 Å². The molecule has 0 saturated heterocycles. The SMILES string of the molecule is Cn1c(/C=C/c2c(Cl)cccc2Cl)nnc1-c1ccc(NC(=O)Nc2ccc(F)cc2F)cc1. The van der Waals surface area contributed by atoms with Crippen molar-refractivity contribution in [1.29, 1.82) is 0 Å². The van der Waals surface area contributed by atoms with Crippen LogP contribution in [0.2, 0.25) is 10.0 Å². The molecule has 2 amide bonds. The molecule has 10 heteroatoms. The number of hydrogen-bond acceptors (Lipinski definition) is 3. The smallest absolute Gasteiger partial charge is 0.311 e. The Morgan fingerprint density at radius 2 is 1.65 bits per heavy atom. The van der Waals surface area contributed by atoms with Gasteiger partial charge in [-0.25, -0.2) is 13.6 Å². The van der Waals surface area contributed by atoms with Crippen molar-refractivity contribution in [2.45, 2.75) is 0 Å². The molecule has 0 saturated carbocycles. The summed E-state index contributed by atoms with van der Waals surface area (Å²) in [7, 11) is 1.82. The summed E-state index contributed by atoms with van der Waals surface area (Å²) in [5.41, 5.74) is 1.79. The van der Waals surface area contributed by atoms with E-state index < -0.39 is 17.7 Å². The summed E-state index contributed by atoms with van der Waals surface area (Å²) in [6, 6.07) is 14.4. The Balaban J connectivity index is 1.45. The molecule has 0 aliphatic heterocycles. The van der Waals surface area contributed by atoms with Crippen molar-refractivity contribution in [3.63, 3.8) is 0 Å². The van der Waals surface area contributed by atoms with Crippen molar-refractivity contribution in [2.75, 3.05) is 10.6 Å². The van der Waals surface area contributed by atoms with E-state index in [1.807, 2.05) is 7.05 Å². The molecule has 6 nitrogen and oxygen atoms in total. The van der Waals surface area contributed by atoms with Gasteiger partial charge < -0.3 is 15.2 Å². The van der Waals surface area contributed by atoms with E-state index in [2.05, 4.69) is 20.8 Å². The third kappa shape index (κ3) is 5.24. The first-order valence-corrected chi connectivity index (χ1v) is 10.7. The van der Waals surface area contributed by atoms with E-state index in [1.165, 1.54) is 0 Å². The molecule has 4 rings (SSSR count). The van der Waals surface area contributed by atoms with Gasteiger partial charge in [-0.2, -0.15) is 0 Å². The normalized spacial score (nSPS) is 11.1. The molecule has 3 aromatic carbocycles. The zero-order valence-corrected chi connectivity index (χ0v) is 19.2. The summed E-state index contributed by atoms with van der Waals surface area (Å²) in [5, 5.41) is 14.4. The van der Waals surface area contributed by atoms with Gasteiger partial charge in [-0.1, -0.05) is 29.3 Å². The van der Waals surface area contributed by atoms with Crippen LogP contribution in [0.5, 0.6) is 0 Å². The van der Waals surface area contributed by atoms with Crippen LogP contribution in [0.25, 0.3) is 23.5 Å². The van der Waals surface area contributed by atoms with Crippen LogP contribution in [0.15, 0.2) is 60.7 Å². The highest BCUT2D eigenvalue weighted by molar-refractivity contribution is 6.37. The Bertz CT molecular complexity index is 1370. The molecule has 0 unspecified atom stereocenters. The molecule has 34 heavy (non-hydrogen) atoms. The second kappa shape index (κ2) is 10.0. The maximum absolute atomic E-state index is 13.7. The number of halogens is 4. The molecule has 4 aromatic rings. The Hall–Kier alpha value is -3.75. The minimum Gasteiger partial charge on any atom is -0.311 e. The molecule has 0 aliphatic carbocycles. The van der Waals surface area contributed by atoms with Crippen LogP contribution in [0, 0.1) is 11.6 Å². The highest BCUT2D eigenvalue weighted by atomic mass is 35.5. The number of amides is 2. The van der Waals surface area contributed by atoms with Crippen LogP contribution in [-0.4, -0.2) is 20.8 Å². The second-order valence-electron chi connectivity index (χ2n) is 7.19. The molecule has 0 atom stereocenters. The van der Waals surface area contributed by atoms with E-state index >= 15 is 0 Å². The third-order valence-corrected chi connectivity index (χ3v) is 5.55.